The van der Waals surface area contributed by atoms with E-state index in [1.54, 1.807) is 43.8 Å². The summed E-state index contributed by atoms with van der Waals surface area (Å²) in [4.78, 5) is 23.6. The molecule has 1 heterocycles. The number of nitrogens with one attached hydrogen (secondary N) is 2. The molecular weight excluding hydrogens is 438 g/mol. The Bertz CT molecular complexity index is 1100. The second-order valence-electron chi connectivity index (χ2n) is 7.21. The van der Waals surface area contributed by atoms with E-state index in [4.69, 9.17) is 20.9 Å². The topological polar surface area (TPSA) is 170 Å². The van der Waals surface area contributed by atoms with Gasteiger partial charge in [-0.1, -0.05) is 18.2 Å². The Morgan fingerprint density at radius 2 is 1.79 bits per heavy atom. The SMILES string of the molecule is COc1ccc(OCC(O)CNc2ncc(-c3cccc(CNC(=O)N=C(N)N)c3)cn2)cc1. The van der Waals surface area contributed by atoms with Crippen LogP contribution in [0.15, 0.2) is 65.9 Å². The molecule has 0 aliphatic heterocycles. The Balaban J connectivity index is 1.48. The van der Waals surface area contributed by atoms with Crippen molar-refractivity contribution in [3.63, 3.8) is 0 Å². The molecule has 3 rings (SSSR count). The van der Waals surface area contributed by atoms with Gasteiger partial charge in [0, 0.05) is 31.0 Å². The summed E-state index contributed by atoms with van der Waals surface area (Å²) < 4.78 is 10.7. The van der Waals surface area contributed by atoms with Crippen LogP contribution in [0, 0.1) is 0 Å². The fourth-order valence-corrected chi connectivity index (χ4v) is 2.90. The number of nitrogens with two attached hydrogens (primary N) is 2. The highest BCUT2D eigenvalue weighted by atomic mass is 16.5. The van der Waals surface area contributed by atoms with Gasteiger partial charge >= 0.3 is 6.03 Å². The number of rotatable bonds is 10. The van der Waals surface area contributed by atoms with Crippen molar-refractivity contribution in [1.29, 1.82) is 0 Å². The van der Waals surface area contributed by atoms with Crippen molar-refractivity contribution < 1.29 is 19.4 Å². The van der Waals surface area contributed by atoms with Crippen LogP contribution < -0.4 is 31.6 Å². The third kappa shape index (κ3) is 7.64. The quantitative estimate of drug-likeness (QED) is 0.220. The number of nitrogens with zero attached hydrogens (tertiary/aromatic N) is 3. The molecule has 11 heteroatoms. The van der Waals surface area contributed by atoms with Crippen LogP contribution in [0.3, 0.4) is 0 Å². The first-order valence-corrected chi connectivity index (χ1v) is 10.4. The highest BCUT2D eigenvalue weighted by molar-refractivity contribution is 5.90. The number of anilines is 1. The van der Waals surface area contributed by atoms with E-state index in [1.165, 1.54) is 0 Å². The van der Waals surface area contributed by atoms with Gasteiger partial charge in [-0.15, -0.1) is 0 Å². The number of hydrogen-bond acceptors (Lipinski definition) is 7. The van der Waals surface area contributed by atoms with Gasteiger partial charge in [0.1, 0.15) is 24.2 Å². The van der Waals surface area contributed by atoms with Gasteiger partial charge in [-0.3, -0.25) is 0 Å². The molecule has 178 valence electrons. The number of amides is 2. The molecule has 34 heavy (non-hydrogen) atoms. The molecule has 0 radical (unpaired) electrons. The maximum Gasteiger partial charge on any atom is 0.344 e. The fourth-order valence-electron chi connectivity index (χ4n) is 2.90. The summed E-state index contributed by atoms with van der Waals surface area (Å²) in [5, 5.41) is 15.7. The van der Waals surface area contributed by atoms with E-state index >= 15 is 0 Å². The predicted octanol–water partition coefficient (Wildman–Crippen LogP) is 1.49. The lowest BCUT2D eigenvalue weighted by molar-refractivity contribution is 0.117. The predicted molar refractivity (Wildman–Crippen MR) is 128 cm³/mol. The number of aliphatic imine (C=N–C) groups is 1. The molecule has 0 saturated carbocycles. The smallest absolute Gasteiger partial charge is 0.344 e. The third-order valence-electron chi connectivity index (χ3n) is 4.58. The van der Waals surface area contributed by atoms with Gasteiger partial charge in [-0.05, 0) is 41.5 Å². The number of carbonyl (C=O) groups excluding carboxylic acids is 1. The Hall–Kier alpha value is -4.38. The van der Waals surface area contributed by atoms with Crippen LogP contribution in [0.1, 0.15) is 5.56 Å². The van der Waals surface area contributed by atoms with Gasteiger partial charge in [0.15, 0.2) is 5.96 Å². The first-order chi connectivity index (χ1) is 16.4. The zero-order chi connectivity index (χ0) is 24.3. The summed E-state index contributed by atoms with van der Waals surface area (Å²) in [7, 11) is 1.59. The highest BCUT2D eigenvalue weighted by Gasteiger charge is 2.08. The van der Waals surface area contributed by atoms with Crippen LogP contribution in [0.25, 0.3) is 11.1 Å². The maximum absolute atomic E-state index is 11.5. The molecule has 1 atom stereocenters. The standard InChI is InChI=1S/C23H27N7O4/c1-33-19-5-7-20(8-6-19)34-14-18(31)13-28-22-26-11-17(12-27-22)16-4-2-3-15(9-16)10-29-23(32)30-21(24)25/h2-9,11-12,18,31H,10,13-14H2,1H3,(H,26,27,28)(H5,24,25,29,30,32). The zero-order valence-electron chi connectivity index (χ0n) is 18.6. The van der Waals surface area contributed by atoms with Crippen molar-refractivity contribution in [2.24, 2.45) is 16.5 Å². The van der Waals surface area contributed by atoms with E-state index in [0.29, 0.717) is 11.7 Å². The zero-order valence-corrected chi connectivity index (χ0v) is 18.6. The van der Waals surface area contributed by atoms with Crippen LogP contribution in [0.5, 0.6) is 11.5 Å². The molecule has 7 N–H and O–H groups in total. The van der Waals surface area contributed by atoms with E-state index in [0.717, 1.165) is 22.4 Å². The normalized spacial score (nSPS) is 11.2. The summed E-state index contributed by atoms with van der Waals surface area (Å²) in [6, 6.07) is 14.0. The number of aromatic nitrogens is 2. The fraction of sp³-hybridized carbons (Fsp3) is 0.217. The molecule has 0 saturated heterocycles. The Morgan fingerprint density at radius 3 is 2.47 bits per heavy atom. The number of carbonyl (C=O) groups is 1. The summed E-state index contributed by atoms with van der Waals surface area (Å²) in [6.07, 6.45) is 2.59. The summed E-state index contributed by atoms with van der Waals surface area (Å²) >= 11 is 0. The average Bonchev–Trinajstić information content (AvgIpc) is 2.85. The second-order valence-corrected chi connectivity index (χ2v) is 7.21. The monoisotopic (exact) mass is 465 g/mol. The molecule has 2 amide bonds. The van der Waals surface area contributed by atoms with Crippen molar-refractivity contribution in [2.45, 2.75) is 12.6 Å². The minimum Gasteiger partial charge on any atom is -0.497 e. The Morgan fingerprint density at radius 1 is 1.09 bits per heavy atom. The summed E-state index contributed by atoms with van der Waals surface area (Å²) in [5.41, 5.74) is 12.9. The van der Waals surface area contributed by atoms with Crippen LogP contribution >= 0.6 is 0 Å². The highest BCUT2D eigenvalue weighted by Crippen LogP contribution is 2.20. The van der Waals surface area contributed by atoms with E-state index in [2.05, 4.69) is 25.6 Å². The molecule has 3 aromatic rings. The molecule has 1 aromatic heterocycles. The minimum atomic E-state index is -0.753. The van der Waals surface area contributed by atoms with Gasteiger partial charge in [0.25, 0.3) is 0 Å². The molecule has 11 nitrogen and oxygen atoms in total. The first-order valence-electron chi connectivity index (χ1n) is 10.4. The number of hydrogen-bond donors (Lipinski definition) is 5. The largest absolute Gasteiger partial charge is 0.497 e. The number of aliphatic hydroxyl groups is 1. The van der Waals surface area contributed by atoms with Gasteiger partial charge in [-0.2, -0.15) is 4.99 Å². The number of benzene rings is 2. The number of urea groups is 1. The molecule has 0 bridgehead atoms. The van der Waals surface area contributed by atoms with Crippen molar-refractivity contribution in [3.05, 3.63) is 66.5 Å². The third-order valence-corrected chi connectivity index (χ3v) is 4.58. The van der Waals surface area contributed by atoms with E-state index in [9.17, 15) is 9.90 Å². The minimum absolute atomic E-state index is 0.115. The second kappa shape index (κ2) is 12.0. The van der Waals surface area contributed by atoms with E-state index in [1.807, 2.05) is 24.3 Å². The van der Waals surface area contributed by atoms with Crippen LogP contribution in [-0.4, -0.2) is 53.4 Å². The van der Waals surface area contributed by atoms with Crippen LogP contribution in [0.2, 0.25) is 0 Å². The van der Waals surface area contributed by atoms with Crippen molar-refractivity contribution in [3.8, 4) is 22.6 Å². The van der Waals surface area contributed by atoms with Gasteiger partial charge in [0.05, 0.1) is 7.11 Å². The Labute approximate surface area is 196 Å². The molecule has 1 unspecified atom stereocenters. The van der Waals surface area contributed by atoms with Crippen molar-refractivity contribution in [2.75, 3.05) is 25.6 Å². The summed E-state index contributed by atoms with van der Waals surface area (Å²) in [5.74, 6) is 1.46. The van der Waals surface area contributed by atoms with Crippen LogP contribution in [-0.2, 0) is 6.54 Å². The molecule has 0 spiro atoms. The van der Waals surface area contributed by atoms with Gasteiger partial charge in [0.2, 0.25) is 5.95 Å². The van der Waals surface area contributed by atoms with Crippen LogP contribution in [0.4, 0.5) is 10.7 Å². The number of aliphatic hydroxyl groups excluding tert-OH is 1. The van der Waals surface area contributed by atoms with Crippen molar-refractivity contribution >= 4 is 17.9 Å². The van der Waals surface area contributed by atoms with Crippen molar-refractivity contribution in [1.82, 2.24) is 15.3 Å². The lowest BCUT2D eigenvalue weighted by Crippen LogP contribution is -2.28. The van der Waals surface area contributed by atoms with Gasteiger partial charge in [-0.25, -0.2) is 14.8 Å². The van der Waals surface area contributed by atoms with E-state index in [-0.39, 0.29) is 25.7 Å². The molecule has 0 aliphatic carbocycles. The lowest BCUT2D eigenvalue weighted by Gasteiger charge is -2.13. The van der Waals surface area contributed by atoms with Gasteiger partial charge < -0.3 is 36.7 Å². The molecule has 0 aliphatic rings. The first kappa shape index (κ1) is 24.3. The number of guanidine groups is 1. The molecule has 2 aromatic carbocycles. The molecule has 0 fully saturated rings. The maximum atomic E-state index is 11.5. The van der Waals surface area contributed by atoms with E-state index < -0.39 is 12.1 Å². The lowest BCUT2D eigenvalue weighted by atomic mass is 10.1. The average molecular weight is 466 g/mol. The number of ether oxygens (including phenoxy) is 2. The molecular formula is C23H27N7O4. The summed E-state index contributed by atoms with van der Waals surface area (Å²) in [6.45, 7) is 0.602. The Kier molecular flexibility index (Phi) is 8.58. The number of methoxy groups -OCH3 is 1.